The molecule has 0 aromatic carbocycles. The van der Waals surface area contributed by atoms with Gasteiger partial charge in [0.25, 0.3) is 6.43 Å². The van der Waals surface area contributed by atoms with Crippen molar-refractivity contribution >= 4 is 5.78 Å². The third-order valence-corrected chi connectivity index (χ3v) is 2.63. The molecule has 1 aromatic rings. The monoisotopic (exact) mass is 200 g/mol. The zero-order chi connectivity index (χ0) is 10.3. The van der Waals surface area contributed by atoms with Gasteiger partial charge in [0.15, 0.2) is 5.78 Å². The van der Waals surface area contributed by atoms with Gasteiger partial charge in [-0.25, -0.2) is 8.78 Å². The maximum absolute atomic E-state index is 12.6. The Labute approximate surface area is 79.7 Å². The molecular formula is C9H10F2N2O. The van der Waals surface area contributed by atoms with Crippen LogP contribution in [0.3, 0.4) is 0 Å². The Morgan fingerprint density at radius 1 is 1.64 bits per heavy atom. The van der Waals surface area contributed by atoms with Crippen molar-refractivity contribution in [3.63, 3.8) is 0 Å². The van der Waals surface area contributed by atoms with E-state index in [2.05, 4.69) is 5.10 Å². The number of rotatable bonds is 3. The lowest BCUT2D eigenvalue weighted by Gasteiger charge is -2.10. The molecule has 0 unspecified atom stereocenters. The van der Waals surface area contributed by atoms with Crippen LogP contribution in [-0.2, 0) is 7.05 Å². The molecule has 1 fully saturated rings. The van der Waals surface area contributed by atoms with Gasteiger partial charge in [-0.3, -0.25) is 9.48 Å². The number of hydrogen-bond acceptors (Lipinski definition) is 2. The van der Waals surface area contributed by atoms with Gasteiger partial charge >= 0.3 is 0 Å². The lowest BCUT2D eigenvalue weighted by molar-refractivity contribution is 0.0472. The smallest absolute Gasteiger partial charge is 0.251 e. The molecule has 0 radical (unpaired) electrons. The van der Waals surface area contributed by atoms with Crippen LogP contribution in [0.5, 0.6) is 0 Å². The van der Waals surface area contributed by atoms with Gasteiger partial charge in [-0.15, -0.1) is 0 Å². The molecule has 76 valence electrons. The largest absolute Gasteiger partial charge is 0.293 e. The van der Waals surface area contributed by atoms with Gasteiger partial charge in [-0.2, -0.15) is 5.10 Å². The van der Waals surface area contributed by atoms with Crippen molar-refractivity contribution in [2.75, 3.05) is 0 Å². The van der Waals surface area contributed by atoms with Crippen LogP contribution in [0.1, 0.15) is 23.2 Å². The number of carbonyl (C=O) groups is 1. The molecule has 0 aliphatic heterocycles. The van der Waals surface area contributed by atoms with Crippen LogP contribution in [0.25, 0.3) is 0 Å². The molecule has 1 aliphatic carbocycles. The lowest BCUT2D eigenvalue weighted by Crippen LogP contribution is -2.23. The van der Waals surface area contributed by atoms with Gasteiger partial charge in [-0.05, 0) is 12.8 Å². The van der Waals surface area contributed by atoms with E-state index in [0.29, 0.717) is 12.8 Å². The van der Waals surface area contributed by atoms with Gasteiger partial charge in [0.05, 0.1) is 17.2 Å². The molecule has 1 heterocycles. The van der Waals surface area contributed by atoms with Gasteiger partial charge in [-0.1, -0.05) is 0 Å². The predicted octanol–water partition coefficient (Wildman–Crippen LogP) is 1.65. The second-order valence-corrected chi connectivity index (χ2v) is 3.69. The summed E-state index contributed by atoms with van der Waals surface area (Å²) in [5.41, 5.74) is -1.12. The molecule has 0 spiro atoms. The Kier molecular flexibility index (Phi) is 1.90. The van der Waals surface area contributed by atoms with Crippen LogP contribution >= 0.6 is 0 Å². The molecule has 2 rings (SSSR count). The quantitative estimate of drug-likeness (QED) is 0.695. The van der Waals surface area contributed by atoms with Gasteiger partial charge in [0.2, 0.25) is 0 Å². The number of aryl methyl sites for hydroxylation is 1. The maximum Gasteiger partial charge on any atom is 0.251 e. The highest BCUT2D eigenvalue weighted by Gasteiger charge is 2.57. The summed E-state index contributed by atoms with van der Waals surface area (Å²) in [5, 5.41) is 3.79. The first kappa shape index (κ1) is 9.30. The van der Waals surface area contributed by atoms with Crippen LogP contribution in [0.15, 0.2) is 12.4 Å². The van der Waals surface area contributed by atoms with Crippen molar-refractivity contribution in [3.05, 3.63) is 18.0 Å². The molecule has 0 amide bonds. The fourth-order valence-corrected chi connectivity index (χ4v) is 1.50. The summed E-state index contributed by atoms with van der Waals surface area (Å²) in [6, 6.07) is 0. The molecule has 1 aliphatic rings. The highest BCUT2D eigenvalue weighted by Crippen LogP contribution is 2.52. The van der Waals surface area contributed by atoms with Crippen molar-refractivity contribution in [3.8, 4) is 0 Å². The molecule has 1 aromatic heterocycles. The number of aromatic nitrogens is 2. The highest BCUT2D eigenvalue weighted by molar-refractivity contribution is 6.02. The minimum Gasteiger partial charge on any atom is -0.293 e. The highest BCUT2D eigenvalue weighted by atomic mass is 19.3. The van der Waals surface area contributed by atoms with Crippen LogP contribution in [0, 0.1) is 5.41 Å². The molecular weight excluding hydrogens is 190 g/mol. The third-order valence-electron chi connectivity index (χ3n) is 2.63. The van der Waals surface area contributed by atoms with Gasteiger partial charge < -0.3 is 0 Å². The Hall–Kier alpha value is -1.26. The molecule has 5 heteroatoms. The topological polar surface area (TPSA) is 34.9 Å². The predicted molar refractivity (Wildman–Crippen MR) is 45.2 cm³/mol. The lowest BCUT2D eigenvalue weighted by atomic mass is 9.97. The van der Waals surface area contributed by atoms with Crippen LogP contribution < -0.4 is 0 Å². The van der Waals surface area contributed by atoms with E-state index in [1.165, 1.54) is 17.1 Å². The van der Waals surface area contributed by atoms with Crippen molar-refractivity contribution in [2.24, 2.45) is 12.5 Å². The molecule has 0 atom stereocenters. The van der Waals surface area contributed by atoms with E-state index in [-0.39, 0.29) is 5.56 Å². The number of Topliss-reactive ketones (excluding diaryl/α,β-unsaturated/α-hetero) is 1. The number of carbonyl (C=O) groups excluding carboxylic acids is 1. The molecule has 0 bridgehead atoms. The van der Waals surface area contributed by atoms with Crippen molar-refractivity contribution in [1.82, 2.24) is 9.78 Å². The fourth-order valence-electron chi connectivity index (χ4n) is 1.50. The van der Waals surface area contributed by atoms with Gasteiger partial charge in [0.1, 0.15) is 0 Å². The summed E-state index contributed by atoms with van der Waals surface area (Å²) in [6.07, 6.45) is 0.835. The maximum atomic E-state index is 12.6. The Bertz CT molecular complexity index is 369. The Morgan fingerprint density at radius 2 is 2.29 bits per heavy atom. The fraction of sp³-hybridized carbons (Fsp3) is 0.556. The van der Waals surface area contributed by atoms with Crippen molar-refractivity contribution in [2.45, 2.75) is 19.3 Å². The Balaban J connectivity index is 2.25. The zero-order valence-corrected chi connectivity index (χ0v) is 7.70. The third kappa shape index (κ3) is 1.23. The van der Waals surface area contributed by atoms with E-state index in [1.807, 2.05) is 0 Å². The van der Waals surface area contributed by atoms with Crippen molar-refractivity contribution in [1.29, 1.82) is 0 Å². The number of ketones is 1. The zero-order valence-electron chi connectivity index (χ0n) is 7.70. The molecule has 0 N–H and O–H groups in total. The molecule has 3 nitrogen and oxygen atoms in total. The van der Waals surface area contributed by atoms with E-state index in [0.717, 1.165) is 0 Å². The second kappa shape index (κ2) is 2.87. The summed E-state index contributed by atoms with van der Waals surface area (Å²) in [5.74, 6) is -0.472. The first-order valence-corrected chi connectivity index (χ1v) is 4.38. The summed E-state index contributed by atoms with van der Waals surface area (Å²) in [7, 11) is 1.65. The summed E-state index contributed by atoms with van der Waals surface area (Å²) in [6.45, 7) is 0. The number of halogens is 2. The molecule has 1 saturated carbocycles. The summed E-state index contributed by atoms with van der Waals surface area (Å²) < 4.78 is 26.6. The number of nitrogens with zero attached hydrogens (tertiary/aromatic N) is 2. The van der Waals surface area contributed by atoms with Crippen LogP contribution in [0.2, 0.25) is 0 Å². The molecule has 14 heavy (non-hydrogen) atoms. The molecule has 0 saturated heterocycles. The first-order chi connectivity index (χ1) is 6.56. The van der Waals surface area contributed by atoms with E-state index in [1.54, 1.807) is 7.05 Å². The van der Waals surface area contributed by atoms with Crippen LogP contribution in [-0.4, -0.2) is 22.0 Å². The minimum atomic E-state index is -2.56. The normalized spacial score (nSPS) is 18.6. The van der Waals surface area contributed by atoms with E-state index >= 15 is 0 Å². The summed E-state index contributed by atoms with van der Waals surface area (Å²) >= 11 is 0. The average molecular weight is 200 g/mol. The van der Waals surface area contributed by atoms with E-state index in [9.17, 15) is 13.6 Å². The Morgan fingerprint density at radius 3 is 2.64 bits per heavy atom. The number of alkyl halides is 2. The van der Waals surface area contributed by atoms with Crippen LogP contribution in [0.4, 0.5) is 8.78 Å². The van der Waals surface area contributed by atoms with E-state index in [4.69, 9.17) is 0 Å². The summed E-state index contributed by atoms with van der Waals surface area (Å²) in [4.78, 5) is 11.7. The average Bonchev–Trinajstić information content (AvgIpc) is 2.84. The SMILES string of the molecule is Cn1cc(C(=O)C2(C(F)F)CC2)cn1. The van der Waals surface area contributed by atoms with Crippen molar-refractivity contribution < 1.29 is 13.6 Å². The second-order valence-electron chi connectivity index (χ2n) is 3.69. The standard InChI is InChI=1S/C9H10F2N2O/c1-13-5-6(4-12-13)7(14)9(2-3-9)8(10)11/h4-5,8H,2-3H2,1H3. The number of hydrogen-bond donors (Lipinski definition) is 0. The van der Waals surface area contributed by atoms with Gasteiger partial charge in [0, 0.05) is 13.2 Å². The first-order valence-electron chi connectivity index (χ1n) is 4.38. The van der Waals surface area contributed by atoms with E-state index < -0.39 is 17.6 Å². The minimum absolute atomic E-state index is 0.283.